The van der Waals surface area contributed by atoms with Crippen molar-refractivity contribution in [3.63, 3.8) is 0 Å². The predicted molar refractivity (Wildman–Crippen MR) is 66.2 cm³/mol. The molecular formula is C14H15NO2. The van der Waals surface area contributed by atoms with Gasteiger partial charge in [-0.05, 0) is 37.1 Å². The molecule has 3 nitrogen and oxygen atoms in total. The van der Waals surface area contributed by atoms with Crippen LogP contribution in [-0.2, 0) is 9.53 Å². The van der Waals surface area contributed by atoms with Crippen molar-refractivity contribution in [1.29, 1.82) is 5.26 Å². The fourth-order valence-corrected chi connectivity index (χ4v) is 1.43. The number of benzene rings is 1. The van der Waals surface area contributed by atoms with Crippen LogP contribution in [0.15, 0.2) is 24.3 Å². The molecule has 0 unspecified atom stereocenters. The van der Waals surface area contributed by atoms with E-state index >= 15 is 0 Å². The number of nitriles is 1. The highest BCUT2D eigenvalue weighted by Gasteiger charge is 1.98. The van der Waals surface area contributed by atoms with Crippen molar-refractivity contribution in [3.05, 3.63) is 41.0 Å². The number of nitrogens with zero attached hydrogens (tertiary/aromatic N) is 1. The first-order valence-electron chi connectivity index (χ1n) is 5.50. The molecule has 0 spiro atoms. The van der Waals surface area contributed by atoms with E-state index in [0.717, 1.165) is 11.1 Å². The Labute approximate surface area is 101 Å². The van der Waals surface area contributed by atoms with Crippen LogP contribution in [0, 0.1) is 18.3 Å². The van der Waals surface area contributed by atoms with Crippen molar-refractivity contribution in [2.24, 2.45) is 0 Å². The fourth-order valence-electron chi connectivity index (χ4n) is 1.43. The van der Waals surface area contributed by atoms with E-state index in [-0.39, 0.29) is 12.4 Å². The topological polar surface area (TPSA) is 50.1 Å². The second kappa shape index (κ2) is 6.49. The van der Waals surface area contributed by atoms with E-state index in [1.807, 2.05) is 25.1 Å². The van der Waals surface area contributed by atoms with Crippen molar-refractivity contribution in [1.82, 2.24) is 0 Å². The van der Waals surface area contributed by atoms with Gasteiger partial charge in [0.25, 0.3) is 0 Å². The summed E-state index contributed by atoms with van der Waals surface area (Å²) in [6.45, 7) is 4.12. The van der Waals surface area contributed by atoms with Gasteiger partial charge in [0.2, 0.25) is 0 Å². The second-order valence-electron chi connectivity index (χ2n) is 3.59. The molecule has 0 saturated carbocycles. The Hall–Kier alpha value is -2.08. The van der Waals surface area contributed by atoms with Gasteiger partial charge >= 0.3 is 5.97 Å². The van der Waals surface area contributed by atoms with E-state index in [4.69, 9.17) is 10.00 Å². The molecule has 0 aliphatic carbocycles. The maximum atomic E-state index is 11.1. The van der Waals surface area contributed by atoms with Gasteiger partial charge in [-0.3, -0.25) is 4.79 Å². The molecule has 0 atom stereocenters. The number of rotatable bonds is 4. The molecule has 0 fully saturated rings. The molecule has 0 aliphatic rings. The molecule has 0 saturated heterocycles. The third-order valence-corrected chi connectivity index (χ3v) is 2.29. The highest BCUT2D eigenvalue weighted by Crippen LogP contribution is 2.12. The first-order chi connectivity index (χ1) is 8.17. The number of ether oxygens (including phenoxy) is 1. The van der Waals surface area contributed by atoms with Crippen molar-refractivity contribution in [2.45, 2.75) is 20.3 Å². The minimum atomic E-state index is -0.227. The lowest BCUT2D eigenvalue weighted by Crippen LogP contribution is -2.01. The van der Waals surface area contributed by atoms with Crippen LogP contribution in [0.4, 0.5) is 0 Å². The maximum absolute atomic E-state index is 11.1. The van der Waals surface area contributed by atoms with E-state index in [9.17, 15) is 4.79 Å². The summed E-state index contributed by atoms with van der Waals surface area (Å²) in [5.74, 6) is -0.227. The summed E-state index contributed by atoms with van der Waals surface area (Å²) in [6.07, 6.45) is 3.91. The summed E-state index contributed by atoms with van der Waals surface area (Å²) in [6, 6.07) is 7.54. The molecular weight excluding hydrogens is 214 g/mol. The number of carbonyl (C=O) groups excluding carboxylic acids is 1. The van der Waals surface area contributed by atoms with Crippen LogP contribution in [0.5, 0.6) is 0 Å². The number of carbonyl (C=O) groups is 1. The number of aryl methyl sites for hydroxylation is 1. The zero-order valence-corrected chi connectivity index (χ0v) is 10.1. The second-order valence-corrected chi connectivity index (χ2v) is 3.59. The molecule has 0 aromatic heterocycles. The van der Waals surface area contributed by atoms with Crippen molar-refractivity contribution in [3.8, 4) is 6.07 Å². The molecule has 3 heteroatoms. The lowest BCUT2D eigenvalue weighted by molar-refractivity contribution is -0.142. The van der Waals surface area contributed by atoms with Gasteiger partial charge in [0.15, 0.2) is 0 Å². The van der Waals surface area contributed by atoms with E-state index in [1.165, 1.54) is 0 Å². The van der Waals surface area contributed by atoms with E-state index < -0.39 is 0 Å². The van der Waals surface area contributed by atoms with E-state index in [0.29, 0.717) is 12.2 Å². The standard InChI is InChI=1S/C14H15NO2/c1-3-17-14(16)6-4-5-13-8-7-12(10-15)9-11(13)2/h4-5,7-9H,3,6H2,1-2H3. The maximum Gasteiger partial charge on any atom is 0.309 e. The minimum Gasteiger partial charge on any atom is -0.466 e. The monoisotopic (exact) mass is 229 g/mol. The van der Waals surface area contributed by atoms with Crippen LogP contribution in [0.2, 0.25) is 0 Å². The normalized spacial score (nSPS) is 10.2. The van der Waals surface area contributed by atoms with Gasteiger partial charge in [-0.2, -0.15) is 5.26 Å². The molecule has 0 N–H and O–H groups in total. The van der Waals surface area contributed by atoms with Crippen LogP contribution in [-0.4, -0.2) is 12.6 Å². The molecule has 0 amide bonds. The van der Waals surface area contributed by atoms with Gasteiger partial charge < -0.3 is 4.74 Å². The zero-order chi connectivity index (χ0) is 12.7. The van der Waals surface area contributed by atoms with Crippen LogP contribution in [0.1, 0.15) is 30.0 Å². The third-order valence-electron chi connectivity index (χ3n) is 2.29. The Bertz CT molecular complexity index is 470. The van der Waals surface area contributed by atoms with Gasteiger partial charge in [0.05, 0.1) is 24.7 Å². The molecule has 88 valence electrons. The van der Waals surface area contributed by atoms with Gasteiger partial charge in [-0.15, -0.1) is 0 Å². The van der Waals surface area contributed by atoms with Gasteiger partial charge in [0, 0.05) is 0 Å². The van der Waals surface area contributed by atoms with Gasteiger partial charge in [-0.25, -0.2) is 0 Å². The summed E-state index contributed by atoms with van der Waals surface area (Å²) in [4.78, 5) is 11.1. The quantitative estimate of drug-likeness (QED) is 0.746. The molecule has 1 aromatic rings. The van der Waals surface area contributed by atoms with Crippen molar-refractivity contribution in [2.75, 3.05) is 6.61 Å². The Kier molecular flexibility index (Phi) is 4.96. The number of hydrogen-bond acceptors (Lipinski definition) is 3. The summed E-state index contributed by atoms with van der Waals surface area (Å²) < 4.78 is 4.81. The highest BCUT2D eigenvalue weighted by atomic mass is 16.5. The van der Waals surface area contributed by atoms with Crippen LogP contribution in [0.3, 0.4) is 0 Å². The molecule has 0 heterocycles. The zero-order valence-electron chi connectivity index (χ0n) is 10.1. The van der Waals surface area contributed by atoms with E-state index in [2.05, 4.69) is 6.07 Å². The molecule has 0 aliphatic heterocycles. The lowest BCUT2D eigenvalue weighted by atomic mass is 10.1. The lowest BCUT2D eigenvalue weighted by Gasteiger charge is -2.00. The van der Waals surface area contributed by atoms with E-state index in [1.54, 1.807) is 19.1 Å². The molecule has 1 rings (SSSR count). The summed E-state index contributed by atoms with van der Waals surface area (Å²) >= 11 is 0. The molecule has 0 bridgehead atoms. The first kappa shape index (κ1) is 13.0. The largest absolute Gasteiger partial charge is 0.466 e. The van der Waals surface area contributed by atoms with Crippen LogP contribution < -0.4 is 0 Å². The van der Waals surface area contributed by atoms with Crippen LogP contribution >= 0.6 is 0 Å². The summed E-state index contributed by atoms with van der Waals surface area (Å²) in [5.41, 5.74) is 2.67. The molecule has 0 radical (unpaired) electrons. The Morgan fingerprint density at radius 3 is 2.88 bits per heavy atom. The number of esters is 1. The van der Waals surface area contributed by atoms with Crippen LogP contribution in [0.25, 0.3) is 6.08 Å². The number of hydrogen-bond donors (Lipinski definition) is 0. The van der Waals surface area contributed by atoms with Gasteiger partial charge in [0.1, 0.15) is 0 Å². The smallest absolute Gasteiger partial charge is 0.309 e. The molecule has 1 aromatic carbocycles. The predicted octanol–water partition coefficient (Wildman–Crippen LogP) is 2.83. The summed E-state index contributed by atoms with van der Waals surface area (Å²) in [5, 5.41) is 8.73. The Morgan fingerprint density at radius 2 is 2.29 bits per heavy atom. The van der Waals surface area contributed by atoms with Crippen molar-refractivity contribution >= 4 is 12.0 Å². The highest BCUT2D eigenvalue weighted by molar-refractivity contribution is 5.72. The minimum absolute atomic E-state index is 0.227. The average molecular weight is 229 g/mol. The summed E-state index contributed by atoms with van der Waals surface area (Å²) in [7, 11) is 0. The average Bonchev–Trinajstić information content (AvgIpc) is 2.31. The third kappa shape index (κ3) is 4.12. The van der Waals surface area contributed by atoms with Gasteiger partial charge in [-0.1, -0.05) is 18.2 Å². The fraction of sp³-hybridized carbons (Fsp3) is 0.286. The van der Waals surface area contributed by atoms with Crippen molar-refractivity contribution < 1.29 is 9.53 Å². The molecule has 17 heavy (non-hydrogen) atoms. The SMILES string of the molecule is CCOC(=O)CC=Cc1ccc(C#N)cc1C. The Morgan fingerprint density at radius 1 is 1.53 bits per heavy atom. The first-order valence-corrected chi connectivity index (χ1v) is 5.50. The Balaban J connectivity index is 2.66.